The Labute approximate surface area is 155 Å². The minimum Gasteiger partial charge on any atom is -0.497 e. The number of methoxy groups -OCH3 is 1. The fourth-order valence-electron chi connectivity index (χ4n) is 2.62. The second kappa shape index (κ2) is 7.99. The first-order chi connectivity index (χ1) is 12.2. The molecule has 0 unspecified atom stereocenters. The minimum atomic E-state index is -0.233. The van der Waals surface area contributed by atoms with Gasteiger partial charge in [0.1, 0.15) is 5.75 Å². The average Bonchev–Trinajstić information content (AvgIpc) is 2.67. The van der Waals surface area contributed by atoms with Crippen molar-refractivity contribution in [2.75, 3.05) is 7.11 Å². The summed E-state index contributed by atoms with van der Waals surface area (Å²) in [6.07, 6.45) is 0. The molecule has 3 nitrogen and oxygen atoms in total. The third-order valence-electron chi connectivity index (χ3n) is 3.96. The quantitative estimate of drug-likeness (QED) is 0.661. The molecule has 0 aliphatic heterocycles. The highest BCUT2D eigenvalue weighted by Crippen LogP contribution is 2.24. The molecule has 0 spiro atoms. The molecule has 3 aromatic carbocycles. The molecular formula is C21H18BrNO2. The number of carbonyl (C=O) groups excluding carboxylic acids is 1. The lowest BCUT2D eigenvalue weighted by molar-refractivity contribution is 0.0943. The second-order valence-corrected chi connectivity index (χ2v) is 6.51. The van der Waals surface area contributed by atoms with Crippen molar-refractivity contribution >= 4 is 21.8 Å². The smallest absolute Gasteiger partial charge is 0.252 e. The Morgan fingerprint density at radius 2 is 1.48 bits per heavy atom. The average molecular weight is 396 g/mol. The predicted octanol–water partition coefficient (Wildman–Crippen LogP) is 4.98. The van der Waals surface area contributed by atoms with Crippen LogP contribution in [-0.2, 0) is 0 Å². The van der Waals surface area contributed by atoms with E-state index < -0.39 is 0 Å². The summed E-state index contributed by atoms with van der Waals surface area (Å²) in [5.74, 6) is 0.673. The van der Waals surface area contributed by atoms with Crippen molar-refractivity contribution in [3.05, 3.63) is 100 Å². The summed E-state index contributed by atoms with van der Waals surface area (Å²) in [5, 5.41) is 3.13. The van der Waals surface area contributed by atoms with Crippen LogP contribution < -0.4 is 10.1 Å². The van der Waals surface area contributed by atoms with E-state index in [4.69, 9.17) is 4.74 Å². The van der Waals surface area contributed by atoms with E-state index in [-0.39, 0.29) is 11.9 Å². The topological polar surface area (TPSA) is 38.3 Å². The third-order valence-corrected chi connectivity index (χ3v) is 4.49. The van der Waals surface area contributed by atoms with E-state index in [1.165, 1.54) is 0 Å². The van der Waals surface area contributed by atoms with Gasteiger partial charge in [-0.05, 0) is 47.5 Å². The molecule has 0 aromatic heterocycles. The molecular weight excluding hydrogens is 378 g/mol. The number of nitrogens with one attached hydrogen (secondary N) is 1. The summed E-state index contributed by atoms with van der Waals surface area (Å²) in [4.78, 5) is 12.7. The summed E-state index contributed by atoms with van der Waals surface area (Å²) >= 11 is 3.39. The highest BCUT2D eigenvalue weighted by molar-refractivity contribution is 9.10. The zero-order valence-electron chi connectivity index (χ0n) is 13.8. The fraction of sp³-hybridized carbons (Fsp3) is 0.0952. The molecule has 1 N–H and O–H groups in total. The molecule has 0 saturated carbocycles. The molecule has 0 aliphatic carbocycles. The molecule has 0 saturated heterocycles. The van der Waals surface area contributed by atoms with Gasteiger partial charge in [0, 0.05) is 10.0 Å². The summed E-state index contributed by atoms with van der Waals surface area (Å²) < 4.78 is 6.17. The van der Waals surface area contributed by atoms with Gasteiger partial charge in [0.25, 0.3) is 5.91 Å². The largest absolute Gasteiger partial charge is 0.497 e. The second-order valence-electron chi connectivity index (χ2n) is 5.60. The van der Waals surface area contributed by atoms with Crippen molar-refractivity contribution < 1.29 is 9.53 Å². The number of benzene rings is 3. The van der Waals surface area contributed by atoms with E-state index in [0.717, 1.165) is 21.3 Å². The molecule has 0 bridgehead atoms. The molecule has 0 fully saturated rings. The Morgan fingerprint density at radius 3 is 2.08 bits per heavy atom. The SMILES string of the molecule is COc1ccc([C@H](NC(=O)c2ccc(Br)cc2)c2ccccc2)cc1. The van der Waals surface area contributed by atoms with Crippen LogP contribution in [0, 0.1) is 0 Å². The molecule has 0 radical (unpaired) electrons. The van der Waals surface area contributed by atoms with Gasteiger partial charge in [-0.1, -0.05) is 58.4 Å². The molecule has 1 atom stereocenters. The molecule has 25 heavy (non-hydrogen) atoms. The number of rotatable bonds is 5. The first kappa shape index (κ1) is 17.2. The van der Waals surface area contributed by atoms with E-state index >= 15 is 0 Å². The Balaban J connectivity index is 1.90. The molecule has 4 heteroatoms. The summed E-state index contributed by atoms with van der Waals surface area (Å²) in [6.45, 7) is 0. The van der Waals surface area contributed by atoms with Crippen LogP contribution in [0.5, 0.6) is 5.75 Å². The van der Waals surface area contributed by atoms with Crippen LogP contribution in [0.4, 0.5) is 0 Å². The van der Waals surface area contributed by atoms with E-state index in [2.05, 4.69) is 21.2 Å². The lowest BCUT2D eigenvalue weighted by atomic mass is 9.98. The van der Waals surface area contributed by atoms with Gasteiger partial charge in [0.2, 0.25) is 0 Å². The first-order valence-electron chi connectivity index (χ1n) is 7.92. The van der Waals surface area contributed by atoms with Gasteiger partial charge in [0.05, 0.1) is 13.2 Å². The van der Waals surface area contributed by atoms with Crippen LogP contribution in [0.3, 0.4) is 0 Å². The van der Waals surface area contributed by atoms with Crippen molar-refractivity contribution in [1.29, 1.82) is 0 Å². The normalized spacial score (nSPS) is 11.6. The number of hydrogen-bond acceptors (Lipinski definition) is 2. The Kier molecular flexibility index (Phi) is 5.51. The third kappa shape index (κ3) is 4.28. The van der Waals surface area contributed by atoms with Crippen LogP contribution in [-0.4, -0.2) is 13.0 Å². The maximum absolute atomic E-state index is 12.7. The molecule has 0 aliphatic rings. The highest BCUT2D eigenvalue weighted by atomic mass is 79.9. The van der Waals surface area contributed by atoms with E-state index in [1.54, 1.807) is 19.2 Å². The summed E-state index contributed by atoms with van der Waals surface area (Å²) in [5.41, 5.74) is 2.65. The minimum absolute atomic E-state index is 0.114. The number of amides is 1. The molecule has 3 aromatic rings. The van der Waals surface area contributed by atoms with Crippen molar-refractivity contribution in [2.24, 2.45) is 0 Å². The predicted molar refractivity (Wildman–Crippen MR) is 103 cm³/mol. The zero-order chi connectivity index (χ0) is 17.6. The van der Waals surface area contributed by atoms with Gasteiger partial charge in [-0.15, -0.1) is 0 Å². The van der Waals surface area contributed by atoms with Crippen LogP contribution >= 0.6 is 15.9 Å². The van der Waals surface area contributed by atoms with E-state index in [1.807, 2.05) is 66.7 Å². The number of carbonyl (C=O) groups is 1. The molecule has 3 rings (SSSR count). The van der Waals surface area contributed by atoms with Gasteiger partial charge in [-0.2, -0.15) is 0 Å². The first-order valence-corrected chi connectivity index (χ1v) is 8.72. The van der Waals surface area contributed by atoms with Crippen LogP contribution in [0.2, 0.25) is 0 Å². The van der Waals surface area contributed by atoms with Crippen LogP contribution in [0.25, 0.3) is 0 Å². The highest BCUT2D eigenvalue weighted by Gasteiger charge is 2.17. The summed E-state index contributed by atoms with van der Waals surface area (Å²) in [6, 6.07) is 24.8. The van der Waals surface area contributed by atoms with Gasteiger partial charge < -0.3 is 10.1 Å². The van der Waals surface area contributed by atoms with Gasteiger partial charge in [-0.3, -0.25) is 4.79 Å². The fourth-order valence-corrected chi connectivity index (χ4v) is 2.88. The number of hydrogen-bond donors (Lipinski definition) is 1. The van der Waals surface area contributed by atoms with Crippen molar-refractivity contribution in [2.45, 2.75) is 6.04 Å². The van der Waals surface area contributed by atoms with Gasteiger partial charge >= 0.3 is 0 Å². The van der Waals surface area contributed by atoms with Gasteiger partial charge in [-0.25, -0.2) is 0 Å². The standard InChI is InChI=1S/C21H18BrNO2/c1-25-19-13-9-16(10-14-19)20(15-5-3-2-4-6-15)23-21(24)17-7-11-18(22)12-8-17/h2-14,20H,1H3,(H,23,24)/t20-/m1/s1. The van der Waals surface area contributed by atoms with Crippen LogP contribution in [0.1, 0.15) is 27.5 Å². The maximum Gasteiger partial charge on any atom is 0.252 e. The Morgan fingerprint density at radius 1 is 0.880 bits per heavy atom. The number of halogens is 1. The van der Waals surface area contributed by atoms with E-state index in [9.17, 15) is 4.79 Å². The molecule has 126 valence electrons. The van der Waals surface area contributed by atoms with Crippen molar-refractivity contribution in [3.63, 3.8) is 0 Å². The number of ether oxygens (including phenoxy) is 1. The molecule has 1 amide bonds. The summed E-state index contributed by atoms with van der Waals surface area (Å²) in [7, 11) is 1.64. The van der Waals surface area contributed by atoms with Gasteiger partial charge in [0.15, 0.2) is 0 Å². The lowest BCUT2D eigenvalue weighted by Crippen LogP contribution is -2.29. The zero-order valence-corrected chi connectivity index (χ0v) is 15.4. The van der Waals surface area contributed by atoms with Crippen molar-refractivity contribution in [3.8, 4) is 5.75 Å². The Hall–Kier alpha value is -2.59. The van der Waals surface area contributed by atoms with E-state index in [0.29, 0.717) is 5.56 Å². The monoisotopic (exact) mass is 395 g/mol. The molecule has 0 heterocycles. The maximum atomic E-state index is 12.7. The van der Waals surface area contributed by atoms with Crippen LogP contribution in [0.15, 0.2) is 83.3 Å². The Bertz CT molecular complexity index is 830. The lowest BCUT2D eigenvalue weighted by Gasteiger charge is -2.20. The van der Waals surface area contributed by atoms with Crippen molar-refractivity contribution in [1.82, 2.24) is 5.32 Å².